The summed E-state index contributed by atoms with van der Waals surface area (Å²) in [6.07, 6.45) is 0.606. The molecule has 0 aliphatic carbocycles. The van der Waals surface area contributed by atoms with Gasteiger partial charge in [0.2, 0.25) is 0 Å². The van der Waals surface area contributed by atoms with E-state index in [-0.39, 0.29) is 29.1 Å². The highest BCUT2D eigenvalue weighted by Crippen LogP contribution is 2.22. The number of hydrogen-bond acceptors (Lipinski definition) is 6. The summed E-state index contributed by atoms with van der Waals surface area (Å²) in [7, 11) is -2.95. The summed E-state index contributed by atoms with van der Waals surface area (Å²) in [6, 6.07) is 3.29. The van der Waals surface area contributed by atoms with Gasteiger partial charge >= 0.3 is 0 Å². The van der Waals surface area contributed by atoms with Gasteiger partial charge in [-0.25, -0.2) is 8.42 Å². The van der Waals surface area contributed by atoms with Crippen molar-refractivity contribution in [2.24, 2.45) is 5.92 Å². The zero-order chi connectivity index (χ0) is 17.0. The summed E-state index contributed by atoms with van der Waals surface area (Å²) < 4.78 is 23.3. The van der Waals surface area contributed by atoms with Gasteiger partial charge in [-0.05, 0) is 31.4 Å². The smallest absolute Gasteiger partial charge is 0.271 e. The Bertz CT molecular complexity index is 643. The maximum absolute atomic E-state index is 11.9. The molecule has 2 rings (SSSR count). The Kier molecular flexibility index (Phi) is 5.56. The fourth-order valence-electron chi connectivity index (χ4n) is 2.62. The maximum Gasteiger partial charge on any atom is 0.271 e. The largest absolute Gasteiger partial charge is 0.351 e. The zero-order valence-corrected chi connectivity index (χ0v) is 14.6. The monoisotopic (exact) mass is 340 g/mol. The van der Waals surface area contributed by atoms with E-state index in [1.165, 1.54) is 0 Å². The van der Waals surface area contributed by atoms with Crippen LogP contribution in [0, 0.1) is 5.92 Å². The van der Waals surface area contributed by atoms with Crippen LogP contribution in [0.15, 0.2) is 12.1 Å². The van der Waals surface area contributed by atoms with E-state index in [4.69, 9.17) is 0 Å². The predicted octanol–water partition coefficient (Wildman–Crippen LogP) is 0.876. The molecule has 1 aromatic rings. The lowest BCUT2D eigenvalue weighted by Gasteiger charge is -2.27. The number of rotatable bonds is 6. The molecule has 1 amide bonds. The number of nitrogens with zero attached hydrogens (tertiary/aromatic N) is 3. The molecule has 0 saturated carbocycles. The zero-order valence-electron chi connectivity index (χ0n) is 13.8. The van der Waals surface area contributed by atoms with E-state index in [9.17, 15) is 13.2 Å². The molecular formula is C15H24N4O3S. The molecule has 1 fully saturated rings. The van der Waals surface area contributed by atoms with Crippen LogP contribution in [0.5, 0.6) is 0 Å². The summed E-state index contributed by atoms with van der Waals surface area (Å²) in [6.45, 7) is 7.22. The minimum atomic E-state index is -2.95. The van der Waals surface area contributed by atoms with Gasteiger partial charge in [0, 0.05) is 19.1 Å². The molecule has 1 aromatic heterocycles. The van der Waals surface area contributed by atoms with Gasteiger partial charge < -0.3 is 10.2 Å². The molecule has 0 radical (unpaired) electrons. The van der Waals surface area contributed by atoms with Crippen LogP contribution in [0.3, 0.4) is 0 Å². The maximum atomic E-state index is 11.9. The van der Waals surface area contributed by atoms with Gasteiger partial charge in [0.25, 0.3) is 5.91 Å². The van der Waals surface area contributed by atoms with E-state index >= 15 is 0 Å². The number of hydrogen-bond donors (Lipinski definition) is 1. The molecule has 0 spiro atoms. The first-order valence-corrected chi connectivity index (χ1v) is 9.73. The van der Waals surface area contributed by atoms with Gasteiger partial charge in [0.05, 0.1) is 11.5 Å². The van der Waals surface area contributed by atoms with Gasteiger partial charge in [-0.2, -0.15) is 0 Å². The second-order valence-corrected chi connectivity index (χ2v) is 8.45. The van der Waals surface area contributed by atoms with Crippen molar-refractivity contribution >= 4 is 21.6 Å². The van der Waals surface area contributed by atoms with Gasteiger partial charge in [-0.1, -0.05) is 13.8 Å². The van der Waals surface area contributed by atoms with Gasteiger partial charge in [-0.15, -0.1) is 10.2 Å². The third-order valence-corrected chi connectivity index (χ3v) is 5.59. The van der Waals surface area contributed by atoms with Crippen molar-refractivity contribution in [3.05, 3.63) is 17.8 Å². The number of nitrogens with one attached hydrogen (secondary N) is 1. The van der Waals surface area contributed by atoms with Crippen LogP contribution in [-0.2, 0) is 9.84 Å². The SMILES string of the molecule is CCN(c1ccc(C(=O)NCC(C)C)nn1)C1CCS(=O)(=O)C1. The van der Waals surface area contributed by atoms with E-state index < -0.39 is 9.84 Å². The van der Waals surface area contributed by atoms with Crippen molar-refractivity contribution in [1.29, 1.82) is 0 Å². The minimum absolute atomic E-state index is 0.0695. The number of anilines is 1. The summed E-state index contributed by atoms with van der Waals surface area (Å²) in [5.74, 6) is 1.10. The van der Waals surface area contributed by atoms with Crippen LogP contribution in [-0.4, -0.2) is 55.2 Å². The van der Waals surface area contributed by atoms with Crippen LogP contribution in [0.25, 0.3) is 0 Å². The molecule has 1 atom stereocenters. The normalized spacial score (nSPS) is 19.7. The number of aromatic nitrogens is 2. The summed E-state index contributed by atoms with van der Waals surface area (Å²) in [5.41, 5.74) is 0.268. The van der Waals surface area contributed by atoms with Crippen molar-refractivity contribution in [1.82, 2.24) is 15.5 Å². The number of carbonyl (C=O) groups is 1. The first-order valence-electron chi connectivity index (χ1n) is 7.91. The quantitative estimate of drug-likeness (QED) is 0.826. The Morgan fingerprint density at radius 3 is 2.61 bits per heavy atom. The highest BCUT2D eigenvalue weighted by molar-refractivity contribution is 7.91. The summed E-state index contributed by atoms with van der Waals surface area (Å²) in [5, 5.41) is 10.9. The Morgan fingerprint density at radius 2 is 2.13 bits per heavy atom. The lowest BCUT2D eigenvalue weighted by molar-refractivity contribution is 0.0943. The average molecular weight is 340 g/mol. The third kappa shape index (κ3) is 4.63. The van der Waals surface area contributed by atoms with Crippen LogP contribution in [0.4, 0.5) is 5.82 Å². The molecule has 0 aromatic carbocycles. The second kappa shape index (κ2) is 7.25. The van der Waals surface area contributed by atoms with E-state index in [1.807, 2.05) is 25.7 Å². The molecule has 8 heteroatoms. The van der Waals surface area contributed by atoms with E-state index in [0.29, 0.717) is 31.2 Å². The first-order chi connectivity index (χ1) is 10.8. The van der Waals surface area contributed by atoms with Crippen LogP contribution < -0.4 is 10.2 Å². The molecule has 1 aliphatic heterocycles. The fraction of sp³-hybridized carbons (Fsp3) is 0.667. The van der Waals surface area contributed by atoms with Crippen LogP contribution in [0.1, 0.15) is 37.7 Å². The molecule has 23 heavy (non-hydrogen) atoms. The van der Waals surface area contributed by atoms with E-state index in [2.05, 4.69) is 15.5 Å². The van der Waals surface area contributed by atoms with Crippen molar-refractivity contribution in [2.75, 3.05) is 29.5 Å². The van der Waals surface area contributed by atoms with Crippen molar-refractivity contribution in [3.63, 3.8) is 0 Å². The molecular weight excluding hydrogens is 316 g/mol. The Hall–Kier alpha value is -1.70. The molecule has 1 aliphatic rings. The Balaban J connectivity index is 2.07. The number of sulfone groups is 1. The van der Waals surface area contributed by atoms with Crippen molar-refractivity contribution < 1.29 is 13.2 Å². The lowest BCUT2D eigenvalue weighted by Crippen LogP contribution is -2.37. The molecule has 128 valence electrons. The van der Waals surface area contributed by atoms with Gasteiger partial charge in [-0.3, -0.25) is 4.79 Å². The fourth-order valence-corrected chi connectivity index (χ4v) is 4.35. The van der Waals surface area contributed by atoms with Crippen LogP contribution >= 0.6 is 0 Å². The predicted molar refractivity (Wildman–Crippen MR) is 89.3 cm³/mol. The molecule has 2 heterocycles. The highest BCUT2D eigenvalue weighted by atomic mass is 32.2. The van der Waals surface area contributed by atoms with Crippen molar-refractivity contribution in [3.8, 4) is 0 Å². The van der Waals surface area contributed by atoms with Gasteiger partial charge in [0.15, 0.2) is 21.3 Å². The highest BCUT2D eigenvalue weighted by Gasteiger charge is 2.32. The van der Waals surface area contributed by atoms with E-state index in [0.717, 1.165) is 0 Å². The molecule has 7 nitrogen and oxygen atoms in total. The number of carbonyl (C=O) groups excluding carboxylic acids is 1. The van der Waals surface area contributed by atoms with Crippen LogP contribution in [0.2, 0.25) is 0 Å². The van der Waals surface area contributed by atoms with Crippen molar-refractivity contribution in [2.45, 2.75) is 33.2 Å². The van der Waals surface area contributed by atoms with E-state index in [1.54, 1.807) is 12.1 Å². The molecule has 1 saturated heterocycles. The first kappa shape index (κ1) is 17.7. The molecule has 1 N–H and O–H groups in total. The number of amides is 1. The Morgan fingerprint density at radius 1 is 1.39 bits per heavy atom. The lowest BCUT2D eigenvalue weighted by atomic mass is 10.2. The molecule has 0 bridgehead atoms. The topological polar surface area (TPSA) is 92.3 Å². The standard InChI is InChI=1S/C15H24N4O3S/c1-4-19(12-7-8-23(21,22)10-12)14-6-5-13(17-18-14)15(20)16-9-11(2)3/h5-6,11-12H,4,7-10H2,1-3H3,(H,16,20). The van der Waals surface area contributed by atoms with Gasteiger partial charge in [0.1, 0.15) is 0 Å². The second-order valence-electron chi connectivity index (χ2n) is 6.22. The third-order valence-electron chi connectivity index (χ3n) is 3.84. The Labute approximate surface area is 137 Å². The summed E-state index contributed by atoms with van der Waals surface area (Å²) >= 11 is 0. The minimum Gasteiger partial charge on any atom is -0.351 e. The molecule has 1 unspecified atom stereocenters. The summed E-state index contributed by atoms with van der Waals surface area (Å²) in [4.78, 5) is 13.9. The average Bonchev–Trinajstić information content (AvgIpc) is 2.86.